The van der Waals surface area contributed by atoms with Gasteiger partial charge < -0.3 is 10.6 Å². The van der Waals surface area contributed by atoms with Crippen LogP contribution in [-0.2, 0) is 0 Å². The number of likely N-dealkylation sites (N-methyl/N-ethyl adjacent to an activating group) is 2. The Hall–Kier alpha value is -1.00. The smallest absolute Gasteiger partial charge is 0.303 e. The van der Waals surface area contributed by atoms with Crippen LogP contribution in [0.3, 0.4) is 0 Å². The van der Waals surface area contributed by atoms with E-state index >= 15 is 0 Å². The van der Waals surface area contributed by atoms with Crippen LogP contribution in [0.5, 0.6) is 0 Å². The van der Waals surface area contributed by atoms with Crippen molar-refractivity contribution >= 4 is 0 Å². The summed E-state index contributed by atoms with van der Waals surface area (Å²) in [4.78, 5) is 0.263. The Morgan fingerprint density at radius 1 is 0.533 bits per heavy atom. The van der Waals surface area contributed by atoms with Crippen molar-refractivity contribution in [1.29, 1.82) is 0 Å². The lowest BCUT2D eigenvalue weighted by atomic mass is 10.1. The van der Waals surface area contributed by atoms with Gasteiger partial charge in [-0.05, 0) is 14.1 Å². The van der Waals surface area contributed by atoms with Crippen molar-refractivity contribution in [3.05, 3.63) is 0 Å². The molecule has 1 heterocycles. The van der Waals surface area contributed by atoms with Crippen molar-refractivity contribution in [2.45, 2.75) is 48.9 Å². The van der Waals surface area contributed by atoms with E-state index in [9.17, 15) is 52.7 Å². The Bertz CT molecular complexity index is 541. The van der Waals surface area contributed by atoms with Gasteiger partial charge in [-0.1, -0.05) is 0 Å². The summed E-state index contributed by atoms with van der Waals surface area (Å²) in [5.74, 6) is 0. The molecule has 16 heteroatoms. The second kappa shape index (κ2) is 9.24. The molecule has 0 bridgehead atoms. The first-order valence-electron chi connectivity index (χ1n) is 8.38. The van der Waals surface area contributed by atoms with Gasteiger partial charge >= 0.3 is 24.7 Å². The fraction of sp³-hybridized carbons (Fsp3) is 1.00. The molecule has 0 amide bonds. The van der Waals surface area contributed by atoms with Gasteiger partial charge in [0.15, 0.2) is 0 Å². The highest BCUT2D eigenvalue weighted by Gasteiger charge is 2.51. The first-order valence-corrected chi connectivity index (χ1v) is 8.38. The van der Waals surface area contributed by atoms with Crippen molar-refractivity contribution < 1.29 is 52.7 Å². The van der Waals surface area contributed by atoms with Crippen LogP contribution in [0, 0.1) is 0 Å². The predicted molar refractivity (Wildman–Crippen MR) is 80.6 cm³/mol. The van der Waals surface area contributed by atoms with E-state index < -0.39 is 75.1 Å². The SMILES string of the molecule is CN1CC(C(F)(F)F)NCC(C(F)(F)F)NCC(C(F)(F)F)N(C)CC1C(F)(F)F. The van der Waals surface area contributed by atoms with Crippen molar-refractivity contribution in [3.63, 3.8) is 0 Å². The molecule has 1 rings (SSSR count). The van der Waals surface area contributed by atoms with Crippen molar-refractivity contribution in [3.8, 4) is 0 Å². The molecule has 0 saturated carbocycles. The molecule has 30 heavy (non-hydrogen) atoms. The van der Waals surface area contributed by atoms with Gasteiger partial charge in [0.05, 0.1) is 0 Å². The average molecular weight is 472 g/mol. The summed E-state index contributed by atoms with van der Waals surface area (Å²) in [6, 6.07) is -11.0. The number of nitrogens with zero attached hydrogens (tertiary/aromatic N) is 2. The van der Waals surface area contributed by atoms with Crippen LogP contribution in [0.25, 0.3) is 0 Å². The van der Waals surface area contributed by atoms with E-state index in [1.54, 1.807) is 0 Å². The Labute approximate surface area is 163 Å². The molecule has 1 fully saturated rings. The number of halogens is 12. The summed E-state index contributed by atoms with van der Waals surface area (Å²) in [6.45, 7) is -5.81. The van der Waals surface area contributed by atoms with Crippen LogP contribution in [0.4, 0.5) is 52.7 Å². The van der Waals surface area contributed by atoms with E-state index in [0.717, 1.165) is 0 Å². The predicted octanol–water partition coefficient (Wildman–Crippen LogP) is 2.77. The first-order chi connectivity index (χ1) is 13.2. The van der Waals surface area contributed by atoms with E-state index in [2.05, 4.69) is 0 Å². The molecule has 2 N–H and O–H groups in total. The topological polar surface area (TPSA) is 30.5 Å². The van der Waals surface area contributed by atoms with E-state index in [0.29, 0.717) is 14.1 Å². The minimum Gasteiger partial charge on any atom is -0.303 e. The maximum atomic E-state index is 13.3. The molecule has 1 saturated heterocycles. The summed E-state index contributed by atoms with van der Waals surface area (Å²) in [5, 5.41) is 2.98. The van der Waals surface area contributed by atoms with Gasteiger partial charge in [0.1, 0.15) is 24.2 Å². The summed E-state index contributed by atoms with van der Waals surface area (Å²) in [7, 11) is 1.22. The minimum absolute atomic E-state index is 0.132. The molecule has 4 nitrogen and oxygen atoms in total. The average Bonchev–Trinajstić information content (AvgIpc) is 2.48. The zero-order chi connectivity index (χ0) is 23.7. The van der Waals surface area contributed by atoms with Crippen LogP contribution in [0.1, 0.15) is 0 Å². The first kappa shape index (κ1) is 27.0. The maximum Gasteiger partial charge on any atom is 0.405 e. The zero-order valence-electron chi connectivity index (χ0n) is 15.6. The van der Waals surface area contributed by atoms with Crippen molar-refractivity contribution in [1.82, 2.24) is 20.4 Å². The molecule has 0 spiro atoms. The maximum absolute atomic E-state index is 13.3. The third-order valence-corrected chi connectivity index (χ3v) is 4.67. The minimum atomic E-state index is -5.21. The highest BCUT2D eigenvalue weighted by atomic mass is 19.4. The zero-order valence-corrected chi connectivity index (χ0v) is 15.6. The molecule has 0 aliphatic carbocycles. The molecule has 0 aromatic carbocycles. The molecule has 4 unspecified atom stereocenters. The van der Waals surface area contributed by atoms with Gasteiger partial charge in [0, 0.05) is 26.2 Å². The van der Waals surface area contributed by atoms with E-state index in [1.807, 2.05) is 0 Å². The van der Waals surface area contributed by atoms with E-state index in [4.69, 9.17) is 0 Å². The van der Waals surface area contributed by atoms with Gasteiger partial charge in [-0.2, -0.15) is 52.7 Å². The van der Waals surface area contributed by atoms with Gasteiger partial charge in [-0.25, -0.2) is 0 Å². The van der Waals surface area contributed by atoms with E-state index in [-0.39, 0.29) is 9.80 Å². The number of hydrogen-bond acceptors (Lipinski definition) is 4. The molecule has 180 valence electrons. The molecule has 4 atom stereocenters. The third-order valence-electron chi connectivity index (χ3n) is 4.67. The van der Waals surface area contributed by atoms with Gasteiger partial charge in [-0.15, -0.1) is 0 Å². The second-order valence-corrected chi connectivity index (χ2v) is 7.00. The summed E-state index contributed by atoms with van der Waals surface area (Å²) < 4.78 is 158. The monoisotopic (exact) mass is 472 g/mol. The molecular weight excluding hydrogens is 452 g/mol. The van der Waals surface area contributed by atoms with Crippen LogP contribution in [-0.4, -0.2) is 98.9 Å². The molecule has 1 aliphatic heterocycles. The third kappa shape index (κ3) is 7.60. The second-order valence-electron chi connectivity index (χ2n) is 7.00. The Balaban J connectivity index is 3.35. The molecular formula is C14H20F12N4. The van der Waals surface area contributed by atoms with Gasteiger partial charge in [-0.3, -0.25) is 9.80 Å². The van der Waals surface area contributed by atoms with Crippen LogP contribution >= 0.6 is 0 Å². The fourth-order valence-corrected chi connectivity index (χ4v) is 2.93. The van der Waals surface area contributed by atoms with Crippen molar-refractivity contribution in [2.75, 3.05) is 40.3 Å². The number of alkyl halides is 12. The lowest BCUT2D eigenvalue weighted by Gasteiger charge is -2.40. The Morgan fingerprint density at radius 3 is 1.33 bits per heavy atom. The number of rotatable bonds is 0. The van der Waals surface area contributed by atoms with Crippen molar-refractivity contribution in [2.24, 2.45) is 0 Å². The molecule has 0 radical (unpaired) electrons. The van der Waals surface area contributed by atoms with E-state index in [1.165, 1.54) is 10.6 Å². The van der Waals surface area contributed by atoms with Crippen LogP contribution in [0.15, 0.2) is 0 Å². The molecule has 0 aromatic rings. The quantitative estimate of drug-likeness (QED) is 0.532. The number of hydrogen-bond donors (Lipinski definition) is 2. The van der Waals surface area contributed by atoms with Crippen LogP contribution < -0.4 is 10.6 Å². The normalized spacial score (nSPS) is 30.6. The Morgan fingerprint density at radius 2 is 0.933 bits per heavy atom. The summed E-state index contributed by atoms with van der Waals surface area (Å²) in [6.07, 6.45) is -20.8. The lowest BCUT2D eigenvalue weighted by Crippen LogP contribution is -2.63. The largest absolute Gasteiger partial charge is 0.405 e. The Kier molecular flexibility index (Phi) is 8.33. The molecule has 1 aliphatic rings. The fourth-order valence-electron chi connectivity index (χ4n) is 2.93. The van der Waals surface area contributed by atoms with Crippen LogP contribution in [0.2, 0.25) is 0 Å². The highest BCUT2D eigenvalue weighted by molar-refractivity contribution is 4.92. The standard InChI is InChI=1S/C14H20F12N4/c1-29-5-8(12(18,19)20)27-3-7(11(15,16)17)28-4-9(13(21,22)23)30(2)6-10(29)14(24,25)26/h7-10,27-28H,3-6H2,1-2H3. The molecule has 0 aromatic heterocycles. The van der Waals surface area contributed by atoms with Gasteiger partial charge in [0.2, 0.25) is 0 Å². The summed E-state index contributed by atoms with van der Waals surface area (Å²) >= 11 is 0. The van der Waals surface area contributed by atoms with Gasteiger partial charge in [0.25, 0.3) is 0 Å². The summed E-state index contributed by atoms with van der Waals surface area (Å²) in [5.41, 5.74) is 0. The highest BCUT2D eigenvalue weighted by Crippen LogP contribution is 2.31. The number of nitrogens with one attached hydrogen (secondary N) is 2. The lowest BCUT2D eigenvalue weighted by molar-refractivity contribution is -0.215.